The van der Waals surface area contributed by atoms with E-state index in [1.165, 1.54) is 23.1 Å². The zero-order chi connectivity index (χ0) is 20.9. The number of nitrogens with zero attached hydrogens (tertiary/aromatic N) is 1. The number of carbonyl (C=O) groups is 2. The van der Waals surface area contributed by atoms with Crippen molar-refractivity contribution in [3.8, 4) is 0 Å². The number of rotatable bonds is 7. The maximum absolute atomic E-state index is 12.4. The summed E-state index contributed by atoms with van der Waals surface area (Å²) in [4.78, 5) is 29.0. The molecule has 0 unspecified atom stereocenters. The Morgan fingerprint density at radius 2 is 2.07 bits per heavy atom. The van der Waals surface area contributed by atoms with Gasteiger partial charge in [-0.15, -0.1) is 11.3 Å². The molecule has 3 aromatic rings. The van der Waals surface area contributed by atoms with E-state index in [9.17, 15) is 9.59 Å². The largest absolute Gasteiger partial charge is 0.376 e. The van der Waals surface area contributed by atoms with Crippen LogP contribution in [0.2, 0.25) is 5.02 Å². The molecule has 4 rings (SSSR count). The lowest BCUT2D eigenvalue weighted by atomic mass is 10.2. The minimum atomic E-state index is -0.201. The van der Waals surface area contributed by atoms with E-state index < -0.39 is 0 Å². The smallest absolute Gasteiger partial charge is 0.255 e. The molecule has 0 bridgehead atoms. The van der Waals surface area contributed by atoms with Crippen LogP contribution in [0.25, 0.3) is 10.2 Å². The zero-order valence-electron chi connectivity index (χ0n) is 16.0. The Kier molecular flexibility index (Phi) is 6.89. The Balaban J connectivity index is 1.33. The highest BCUT2D eigenvalue weighted by Gasteiger charge is 2.16. The van der Waals surface area contributed by atoms with Crippen LogP contribution in [0.4, 0.5) is 5.69 Å². The van der Waals surface area contributed by atoms with Crippen LogP contribution in [-0.2, 0) is 9.53 Å². The molecule has 156 valence electrons. The Hall–Kier alpha value is -2.13. The zero-order valence-corrected chi connectivity index (χ0v) is 18.4. The molecule has 1 aromatic heterocycles. The number of carbonyl (C=O) groups excluding carboxylic acids is 2. The highest BCUT2D eigenvalue weighted by molar-refractivity contribution is 8.01. The average Bonchev–Trinajstić information content (AvgIpc) is 3.40. The summed E-state index contributed by atoms with van der Waals surface area (Å²) in [6.07, 6.45) is 2.20. The van der Waals surface area contributed by atoms with E-state index in [0.29, 0.717) is 28.6 Å². The lowest BCUT2D eigenvalue weighted by molar-refractivity contribution is -0.119. The Labute approximate surface area is 187 Å². The number of ether oxygens (including phenoxy) is 1. The third kappa shape index (κ3) is 5.51. The van der Waals surface area contributed by atoms with Crippen molar-refractivity contribution in [2.45, 2.75) is 23.3 Å². The fourth-order valence-electron chi connectivity index (χ4n) is 3.06. The average molecular weight is 462 g/mol. The molecule has 0 aliphatic carbocycles. The molecule has 0 saturated carbocycles. The molecule has 2 N–H and O–H groups in total. The highest BCUT2D eigenvalue weighted by atomic mass is 35.5. The van der Waals surface area contributed by atoms with Crippen molar-refractivity contribution in [2.75, 3.05) is 24.2 Å². The number of hydrogen-bond acceptors (Lipinski definition) is 6. The first kappa shape index (κ1) is 21.1. The van der Waals surface area contributed by atoms with E-state index in [-0.39, 0.29) is 17.9 Å². The predicted octanol–water partition coefficient (Wildman–Crippen LogP) is 4.59. The quantitative estimate of drug-likeness (QED) is 0.503. The van der Waals surface area contributed by atoms with Crippen LogP contribution in [-0.4, -0.2) is 41.8 Å². The van der Waals surface area contributed by atoms with E-state index in [1.54, 1.807) is 24.3 Å². The molecule has 1 fully saturated rings. The van der Waals surface area contributed by atoms with Gasteiger partial charge in [-0.3, -0.25) is 9.59 Å². The van der Waals surface area contributed by atoms with Crippen molar-refractivity contribution in [3.05, 3.63) is 53.1 Å². The summed E-state index contributed by atoms with van der Waals surface area (Å²) < 4.78 is 7.28. The van der Waals surface area contributed by atoms with Gasteiger partial charge < -0.3 is 15.4 Å². The number of hydrogen-bond donors (Lipinski definition) is 2. The molecule has 30 heavy (non-hydrogen) atoms. The number of thioether (sulfide) groups is 1. The third-order valence-corrected chi connectivity index (χ3v) is 7.02. The number of anilines is 1. The SMILES string of the molecule is O=C(CSc1nc2ccc(NC(=O)c3ccc(Cl)cc3)cc2s1)NC[C@@H]1CCCO1. The predicted molar refractivity (Wildman–Crippen MR) is 122 cm³/mol. The van der Waals surface area contributed by atoms with Gasteiger partial charge in [0.2, 0.25) is 5.91 Å². The summed E-state index contributed by atoms with van der Waals surface area (Å²) in [5.41, 5.74) is 2.07. The molecular formula is C21H20ClN3O3S2. The van der Waals surface area contributed by atoms with Gasteiger partial charge in [0.15, 0.2) is 4.34 Å². The summed E-state index contributed by atoms with van der Waals surface area (Å²) in [7, 11) is 0. The number of fused-ring (bicyclic) bond motifs is 1. The first-order chi connectivity index (χ1) is 14.6. The molecule has 1 aliphatic heterocycles. The topological polar surface area (TPSA) is 80.3 Å². The first-order valence-electron chi connectivity index (χ1n) is 9.55. The van der Waals surface area contributed by atoms with Crippen LogP contribution in [0, 0.1) is 0 Å². The molecule has 2 heterocycles. The van der Waals surface area contributed by atoms with Gasteiger partial charge in [-0.25, -0.2) is 4.98 Å². The van der Waals surface area contributed by atoms with E-state index in [0.717, 1.165) is 34.0 Å². The summed E-state index contributed by atoms with van der Waals surface area (Å²) in [5.74, 6) is 0.0888. The standard InChI is InChI=1S/C21H20ClN3O3S2/c22-14-5-3-13(4-6-14)20(27)24-15-7-8-17-18(10-15)30-21(25-17)29-12-19(26)23-11-16-2-1-9-28-16/h3-8,10,16H,1-2,9,11-12H2,(H,23,26)(H,24,27)/t16-/m0/s1. The second kappa shape index (κ2) is 9.78. The van der Waals surface area contributed by atoms with Gasteiger partial charge in [0.25, 0.3) is 5.91 Å². The van der Waals surface area contributed by atoms with Crippen molar-refractivity contribution in [2.24, 2.45) is 0 Å². The van der Waals surface area contributed by atoms with Crippen LogP contribution in [0.15, 0.2) is 46.8 Å². The summed E-state index contributed by atoms with van der Waals surface area (Å²) >= 11 is 8.78. The van der Waals surface area contributed by atoms with Crippen LogP contribution in [0.5, 0.6) is 0 Å². The third-order valence-electron chi connectivity index (χ3n) is 4.61. The molecule has 6 nitrogen and oxygen atoms in total. The van der Waals surface area contributed by atoms with Crippen molar-refractivity contribution in [1.29, 1.82) is 0 Å². The number of aromatic nitrogens is 1. The van der Waals surface area contributed by atoms with Gasteiger partial charge in [-0.2, -0.15) is 0 Å². The maximum Gasteiger partial charge on any atom is 0.255 e. The Morgan fingerprint density at radius 3 is 2.83 bits per heavy atom. The maximum atomic E-state index is 12.4. The molecule has 0 radical (unpaired) electrons. The molecular weight excluding hydrogens is 442 g/mol. The molecule has 1 aliphatic rings. The Morgan fingerprint density at radius 1 is 1.23 bits per heavy atom. The van der Waals surface area contributed by atoms with Gasteiger partial charge in [-0.1, -0.05) is 23.4 Å². The van der Waals surface area contributed by atoms with Gasteiger partial charge in [0.05, 0.1) is 22.1 Å². The van der Waals surface area contributed by atoms with E-state index in [2.05, 4.69) is 15.6 Å². The van der Waals surface area contributed by atoms with Gasteiger partial charge in [0, 0.05) is 29.4 Å². The minimum absolute atomic E-state index is 0.0225. The fraction of sp³-hybridized carbons (Fsp3) is 0.286. The molecule has 9 heteroatoms. The molecule has 1 atom stereocenters. The molecule has 2 aromatic carbocycles. The molecule has 1 saturated heterocycles. The first-order valence-corrected chi connectivity index (χ1v) is 11.7. The lowest BCUT2D eigenvalue weighted by Crippen LogP contribution is -2.32. The van der Waals surface area contributed by atoms with Crippen LogP contribution in [0.1, 0.15) is 23.2 Å². The van der Waals surface area contributed by atoms with Crippen LogP contribution >= 0.6 is 34.7 Å². The fourth-order valence-corrected chi connectivity index (χ4v) is 5.12. The van der Waals surface area contributed by atoms with Crippen molar-refractivity contribution >= 4 is 62.4 Å². The summed E-state index contributed by atoms with van der Waals surface area (Å²) in [5, 5.41) is 6.39. The van der Waals surface area contributed by atoms with E-state index in [4.69, 9.17) is 16.3 Å². The summed E-state index contributed by atoms with van der Waals surface area (Å²) in [6, 6.07) is 12.3. The van der Waals surface area contributed by atoms with Gasteiger partial charge in [0.1, 0.15) is 0 Å². The van der Waals surface area contributed by atoms with Crippen molar-refractivity contribution in [1.82, 2.24) is 10.3 Å². The number of nitrogens with one attached hydrogen (secondary N) is 2. The van der Waals surface area contributed by atoms with E-state index in [1.807, 2.05) is 18.2 Å². The number of halogens is 1. The van der Waals surface area contributed by atoms with Crippen LogP contribution in [0.3, 0.4) is 0 Å². The number of benzene rings is 2. The monoisotopic (exact) mass is 461 g/mol. The second-order valence-corrected chi connectivity index (χ2v) is 9.54. The number of thiazole rings is 1. The minimum Gasteiger partial charge on any atom is -0.376 e. The second-order valence-electron chi connectivity index (χ2n) is 6.85. The lowest BCUT2D eigenvalue weighted by Gasteiger charge is -2.09. The van der Waals surface area contributed by atoms with Crippen LogP contribution < -0.4 is 10.6 Å². The molecule has 0 spiro atoms. The number of amides is 2. The summed E-state index contributed by atoms with van der Waals surface area (Å²) in [6.45, 7) is 1.35. The van der Waals surface area contributed by atoms with E-state index >= 15 is 0 Å². The normalized spacial score (nSPS) is 16.0. The van der Waals surface area contributed by atoms with Crippen molar-refractivity contribution in [3.63, 3.8) is 0 Å². The van der Waals surface area contributed by atoms with Crippen molar-refractivity contribution < 1.29 is 14.3 Å². The van der Waals surface area contributed by atoms with Gasteiger partial charge >= 0.3 is 0 Å². The van der Waals surface area contributed by atoms with Gasteiger partial charge in [-0.05, 0) is 55.3 Å². The molecule has 2 amide bonds. The highest BCUT2D eigenvalue weighted by Crippen LogP contribution is 2.31. The Bertz CT molecular complexity index is 1050.